The number of nitrogens with two attached hydrogens (primary N) is 1. The van der Waals surface area contributed by atoms with E-state index in [4.69, 9.17) is 20.7 Å². The molecule has 2 aliphatic carbocycles. The number of thiazole rings is 1. The van der Waals surface area contributed by atoms with Crippen LogP contribution in [0, 0.1) is 36.4 Å². The summed E-state index contributed by atoms with van der Waals surface area (Å²) < 4.78 is 14.5. The molecular weight excluding hydrogens is 557 g/mol. The van der Waals surface area contributed by atoms with Gasteiger partial charge in [0.2, 0.25) is 5.95 Å². The van der Waals surface area contributed by atoms with Gasteiger partial charge in [0, 0.05) is 32.2 Å². The highest BCUT2D eigenvalue weighted by molar-refractivity contribution is 7.21. The number of para-hydroxylation sites is 1. The maximum atomic E-state index is 13.5. The lowest BCUT2D eigenvalue weighted by molar-refractivity contribution is 0.00446. The molecule has 220 valence electrons. The van der Waals surface area contributed by atoms with Crippen LogP contribution in [-0.2, 0) is 0 Å². The number of anilines is 4. The number of aromatic nitrogens is 3. The van der Waals surface area contributed by atoms with Crippen molar-refractivity contribution in [2.45, 2.75) is 31.6 Å². The average Bonchev–Trinajstić information content (AvgIpc) is 3.29. The van der Waals surface area contributed by atoms with E-state index in [0.717, 1.165) is 51.8 Å². The molecule has 7 N–H and O–H groups in total. The van der Waals surface area contributed by atoms with E-state index in [0.29, 0.717) is 41.6 Å². The molecule has 0 spiro atoms. The molecule has 3 heterocycles. The first kappa shape index (κ1) is 27.3. The standard InChI is InChI=1S/C30H34FN7O3S/c1-14-25(29-36-21-4-2-3-5-24(21)42-29)28(35-22-8-15(13-39)26(40)27(22)41)37-30(34-14)33-10-17-18-11-38(12-19(17)18)23-7-6-16(31)9-20(23)32/h2-7,9,15,17-19,22,26-27,39-41H,8,10-13,32H2,1H3,(H2,33,34,35,37)/t15-,17?,18+,19?,22-,26-,27+/m1/s1. The topological polar surface area (TPSA) is 153 Å². The lowest BCUT2D eigenvalue weighted by atomic mass is 10.1. The number of nitrogen functional groups attached to an aromatic ring is 1. The van der Waals surface area contributed by atoms with Gasteiger partial charge in [-0.1, -0.05) is 12.1 Å². The molecule has 4 aromatic rings. The zero-order valence-corrected chi connectivity index (χ0v) is 23.9. The number of benzene rings is 2. The summed E-state index contributed by atoms with van der Waals surface area (Å²) in [5.74, 6) is 1.80. The number of fused-ring (bicyclic) bond motifs is 2. The predicted octanol–water partition coefficient (Wildman–Crippen LogP) is 3.09. The van der Waals surface area contributed by atoms with Crippen molar-refractivity contribution in [2.75, 3.05) is 47.5 Å². The molecule has 2 aromatic heterocycles. The van der Waals surface area contributed by atoms with E-state index in [1.165, 1.54) is 12.1 Å². The van der Waals surface area contributed by atoms with Gasteiger partial charge in [0.1, 0.15) is 22.7 Å². The number of hydrogen-bond acceptors (Lipinski definition) is 11. The summed E-state index contributed by atoms with van der Waals surface area (Å²) in [5.41, 5.74) is 9.81. The number of rotatable bonds is 8. The molecule has 0 radical (unpaired) electrons. The van der Waals surface area contributed by atoms with Gasteiger partial charge in [0.25, 0.3) is 0 Å². The van der Waals surface area contributed by atoms with Crippen molar-refractivity contribution in [1.29, 1.82) is 0 Å². The molecular formula is C30H34FN7O3S. The van der Waals surface area contributed by atoms with Crippen molar-refractivity contribution in [3.63, 3.8) is 0 Å². The summed E-state index contributed by atoms with van der Waals surface area (Å²) >= 11 is 1.55. The fourth-order valence-electron chi connectivity index (χ4n) is 6.79. The summed E-state index contributed by atoms with van der Waals surface area (Å²) in [6, 6.07) is 12.0. The van der Waals surface area contributed by atoms with Crippen LogP contribution in [0.25, 0.3) is 20.8 Å². The molecule has 1 aliphatic heterocycles. The molecule has 0 bridgehead atoms. The third kappa shape index (κ3) is 4.81. The van der Waals surface area contributed by atoms with Crippen LogP contribution in [0.4, 0.5) is 27.5 Å². The second-order valence-corrected chi connectivity index (χ2v) is 12.8. The Kier molecular flexibility index (Phi) is 6.88. The monoisotopic (exact) mass is 591 g/mol. The molecule has 2 aromatic carbocycles. The van der Waals surface area contributed by atoms with Crippen LogP contribution in [0.1, 0.15) is 12.1 Å². The van der Waals surface area contributed by atoms with Crippen molar-refractivity contribution in [3.8, 4) is 10.6 Å². The van der Waals surface area contributed by atoms with Crippen LogP contribution in [0.15, 0.2) is 42.5 Å². The summed E-state index contributed by atoms with van der Waals surface area (Å²) in [4.78, 5) is 16.7. The lowest BCUT2D eigenvalue weighted by Crippen LogP contribution is -2.35. The minimum atomic E-state index is -1.04. The molecule has 2 unspecified atom stereocenters. The largest absolute Gasteiger partial charge is 0.397 e. The maximum Gasteiger partial charge on any atom is 0.224 e. The van der Waals surface area contributed by atoms with Crippen LogP contribution in [0.2, 0.25) is 0 Å². The van der Waals surface area contributed by atoms with Gasteiger partial charge in [-0.3, -0.25) is 0 Å². The van der Waals surface area contributed by atoms with Gasteiger partial charge in [-0.05, 0) is 61.4 Å². The van der Waals surface area contributed by atoms with Crippen molar-refractivity contribution < 1.29 is 19.7 Å². The molecule has 10 nitrogen and oxygen atoms in total. The molecule has 3 aliphatic rings. The number of piperidine rings is 1. The van der Waals surface area contributed by atoms with E-state index in [1.807, 2.05) is 31.2 Å². The molecule has 42 heavy (non-hydrogen) atoms. The van der Waals surface area contributed by atoms with Crippen LogP contribution in [0.5, 0.6) is 0 Å². The normalized spacial score (nSPS) is 28.3. The van der Waals surface area contributed by atoms with Gasteiger partial charge in [0.15, 0.2) is 0 Å². The average molecular weight is 592 g/mol. The Morgan fingerprint density at radius 2 is 1.86 bits per heavy atom. The van der Waals surface area contributed by atoms with Gasteiger partial charge >= 0.3 is 0 Å². The number of aliphatic hydroxyl groups is 3. The van der Waals surface area contributed by atoms with Crippen LogP contribution >= 0.6 is 11.3 Å². The van der Waals surface area contributed by atoms with E-state index in [-0.39, 0.29) is 12.4 Å². The van der Waals surface area contributed by atoms with Crippen LogP contribution < -0.4 is 21.3 Å². The van der Waals surface area contributed by atoms with Crippen molar-refractivity contribution in [3.05, 3.63) is 54.0 Å². The molecule has 7 rings (SSSR count). The van der Waals surface area contributed by atoms with E-state index in [9.17, 15) is 19.7 Å². The van der Waals surface area contributed by atoms with Gasteiger partial charge in [-0.25, -0.2) is 14.4 Å². The summed E-state index contributed by atoms with van der Waals surface area (Å²) in [6.07, 6.45) is -1.65. The highest BCUT2D eigenvalue weighted by atomic mass is 32.1. The second-order valence-electron chi connectivity index (χ2n) is 11.7. The molecule has 2 saturated carbocycles. The zero-order valence-electron chi connectivity index (χ0n) is 23.1. The van der Waals surface area contributed by atoms with E-state index in [2.05, 4.69) is 15.5 Å². The van der Waals surface area contributed by atoms with Crippen LogP contribution in [0.3, 0.4) is 0 Å². The Hall–Kier alpha value is -3.58. The first-order valence-corrected chi connectivity index (χ1v) is 15.1. The highest BCUT2D eigenvalue weighted by Crippen LogP contribution is 2.53. The van der Waals surface area contributed by atoms with Gasteiger partial charge in [-0.15, -0.1) is 11.3 Å². The molecule has 7 atom stereocenters. The summed E-state index contributed by atoms with van der Waals surface area (Å²) in [6.45, 7) is 4.20. The number of hydrogen-bond donors (Lipinski definition) is 6. The fraction of sp³-hybridized carbons (Fsp3) is 0.433. The Balaban J connectivity index is 1.10. The van der Waals surface area contributed by atoms with Gasteiger partial charge in [0.05, 0.1) is 45.0 Å². The maximum absolute atomic E-state index is 13.5. The zero-order chi connectivity index (χ0) is 29.1. The Bertz CT molecular complexity index is 1590. The number of halogens is 1. The van der Waals surface area contributed by atoms with E-state index >= 15 is 0 Å². The van der Waals surface area contributed by atoms with E-state index in [1.54, 1.807) is 17.4 Å². The Morgan fingerprint density at radius 3 is 2.57 bits per heavy atom. The third-order valence-electron chi connectivity index (χ3n) is 9.15. The number of nitrogens with zero attached hydrogens (tertiary/aromatic N) is 4. The number of aryl methyl sites for hydroxylation is 1. The SMILES string of the molecule is Cc1nc(NCC2C3CN(c4ccc(F)cc4N)C[C@@H]23)nc(N[C@@H]2C[C@H](CO)[C@@H](O)[C@H]2O)c1-c1nc2ccccc2s1. The number of nitrogens with one attached hydrogen (secondary N) is 2. The number of aliphatic hydroxyl groups excluding tert-OH is 3. The highest BCUT2D eigenvalue weighted by Gasteiger charge is 2.55. The molecule has 12 heteroatoms. The minimum Gasteiger partial charge on any atom is -0.397 e. The Labute approximate surface area is 246 Å². The van der Waals surface area contributed by atoms with Gasteiger partial charge in [-0.2, -0.15) is 4.98 Å². The quantitative estimate of drug-likeness (QED) is 0.169. The molecule has 1 saturated heterocycles. The summed E-state index contributed by atoms with van der Waals surface area (Å²) in [5, 5.41) is 38.4. The third-order valence-corrected chi connectivity index (χ3v) is 10.2. The fourth-order valence-corrected chi connectivity index (χ4v) is 7.85. The first-order valence-electron chi connectivity index (χ1n) is 14.3. The molecule has 3 fully saturated rings. The van der Waals surface area contributed by atoms with Crippen LogP contribution in [-0.4, -0.2) is 74.8 Å². The second kappa shape index (κ2) is 10.6. The molecule has 0 amide bonds. The minimum absolute atomic E-state index is 0.203. The van der Waals surface area contributed by atoms with Gasteiger partial charge < -0.3 is 36.6 Å². The lowest BCUT2D eigenvalue weighted by Gasteiger charge is -2.24. The van der Waals surface area contributed by atoms with Crippen molar-refractivity contribution in [2.24, 2.45) is 23.7 Å². The van der Waals surface area contributed by atoms with Crippen molar-refractivity contribution >= 4 is 44.7 Å². The Morgan fingerprint density at radius 1 is 1.07 bits per heavy atom. The smallest absolute Gasteiger partial charge is 0.224 e. The predicted molar refractivity (Wildman–Crippen MR) is 162 cm³/mol. The first-order chi connectivity index (χ1) is 20.3. The summed E-state index contributed by atoms with van der Waals surface area (Å²) in [7, 11) is 0. The van der Waals surface area contributed by atoms with Crippen molar-refractivity contribution in [1.82, 2.24) is 15.0 Å². The van der Waals surface area contributed by atoms with E-state index < -0.39 is 24.2 Å².